The maximum atomic E-state index is 15.6. The third kappa shape index (κ3) is 10.9. The Balaban J connectivity index is 0.000000180. The lowest BCUT2D eigenvalue weighted by Crippen LogP contribution is -2.31. The Morgan fingerprint density at radius 1 is 0.616 bits per heavy atom. The van der Waals surface area contributed by atoms with Gasteiger partial charge < -0.3 is 39.9 Å². The highest BCUT2D eigenvalue weighted by Crippen LogP contribution is 2.40. The van der Waals surface area contributed by atoms with E-state index in [9.17, 15) is 13.8 Å². The number of carbonyl (C=O) groups is 2. The molecule has 0 bridgehead atoms. The van der Waals surface area contributed by atoms with Crippen LogP contribution in [0.5, 0.6) is 11.5 Å². The van der Waals surface area contributed by atoms with E-state index in [-0.39, 0.29) is 40.8 Å². The summed E-state index contributed by atoms with van der Waals surface area (Å²) in [5.74, 6) is 3.23. The zero-order chi connectivity index (χ0) is 51.3. The number of pyridine rings is 2. The third-order valence-electron chi connectivity index (χ3n) is 13.3. The predicted molar refractivity (Wildman–Crippen MR) is 291 cm³/mol. The number of H-pyrrole nitrogens is 2. The maximum Gasteiger partial charge on any atom is 0.255 e. The van der Waals surface area contributed by atoms with Crippen LogP contribution in [0.15, 0.2) is 110 Å². The number of methoxy groups -OCH3 is 2. The van der Waals surface area contributed by atoms with Crippen molar-refractivity contribution >= 4 is 67.8 Å². The van der Waals surface area contributed by atoms with Gasteiger partial charge in [-0.1, -0.05) is 36.4 Å². The Hall–Kier alpha value is -7.24. The molecule has 4 aromatic heterocycles. The lowest BCUT2D eigenvalue weighted by molar-refractivity contribution is 0.0821. The van der Waals surface area contributed by atoms with Gasteiger partial charge in [-0.3, -0.25) is 13.8 Å². The van der Waals surface area contributed by atoms with Crippen molar-refractivity contribution in [2.24, 2.45) is 0 Å². The van der Waals surface area contributed by atoms with E-state index >= 15 is 8.78 Å². The standard InChI is InChI=1S/C28H29FN4O3S.C28H29FN4O2S/c1-33(2)28(34)22-12-17(14-24(29)26(22)32-19-8-10-37(35)11-9-19)18-13-21-23(16-31-27(21)30-15-18)20-6-4-5-7-25(20)36-3;1-33(2)28(34)22-12-17(14-24(29)26(22)32-19-8-10-36-11-9-19)18-13-21-23(16-31-27(21)30-15-18)20-6-4-5-7-25(20)35-3/h4-7,12-16,19,32H,8-11H2,1-3H3,(H,30,31);4-7,12-16,19,32H,8-11H2,1-3H3,(H,30,31). The van der Waals surface area contributed by atoms with E-state index in [1.165, 1.54) is 21.9 Å². The van der Waals surface area contributed by atoms with Gasteiger partial charge in [-0.2, -0.15) is 11.8 Å². The van der Waals surface area contributed by atoms with E-state index in [4.69, 9.17) is 9.47 Å². The number of thioether (sulfide) groups is 1. The molecule has 2 saturated heterocycles. The molecule has 73 heavy (non-hydrogen) atoms. The summed E-state index contributed by atoms with van der Waals surface area (Å²) in [4.78, 5) is 44.7. The number of benzene rings is 4. The summed E-state index contributed by atoms with van der Waals surface area (Å²) >= 11 is 1.91. The number of nitrogens with one attached hydrogen (secondary N) is 4. The predicted octanol–water partition coefficient (Wildman–Crippen LogP) is 11.1. The molecule has 17 heteroatoms. The number of aromatic nitrogens is 4. The fraction of sp³-hybridized carbons (Fsp3) is 0.286. The molecule has 0 atom stereocenters. The van der Waals surface area contributed by atoms with Gasteiger partial charge in [0, 0.05) is 132 Å². The van der Waals surface area contributed by atoms with Crippen LogP contribution in [0.2, 0.25) is 0 Å². The van der Waals surface area contributed by atoms with Crippen molar-refractivity contribution in [3.63, 3.8) is 0 Å². The van der Waals surface area contributed by atoms with Crippen molar-refractivity contribution in [2.75, 3.05) is 76.1 Å². The van der Waals surface area contributed by atoms with E-state index in [1.807, 2.05) is 84.8 Å². The summed E-state index contributed by atoms with van der Waals surface area (Å²) in [5.41, 5.74) is 8.74. The number of halogens is 2. The number of amides is 2. The quantitative estimate of drug-likeness (QED) is 0.0928. The van der Waals surface area contributed by atoms with Crippen molar-refractivity contribution in [3.8, 4) is 56.0 Å². The molecule has 2 aliphatic rings. The molecule has 10 rings (SSSR count). The van der Waals surface area contributed by atoms with Crippen LogP contribution < -0.4 is 20.1 Å². The summed E-state index contributed by atoms with van der Waals surface area (Å²) in [6.45, 7) is 0. The van der Waals surface area contributed by atoms with Gasteiger partial charge in [-0.05, 0) is 96.8 Å². The van der Waals surface area contributed by atoms with E-state index in [2.05, 4.69) is 30.6 Å². The monoisotopic (exact) mass is 1020 g/mol. The Bertz CT molecular complexity index is 3340. The number of ether oxygens (including phenoxy) is 2. The first-order valence-corrected chi connectivity index (χ1v) is 26.7. The fourth-order valence-corrected chi connectivity index (χ4v) is 11.8. The fourth-order valence-electron chi connectivity index (χ4n) is 9.35. The van der Waals surface area contributed by atoms with Crippen molar-refractivity contribution in [1.29, 1.82) is 0 Å². The lowest BCUT2D eigenvalue weighted by Gasteiger charge is -2.26. The Kier molecular flexibility index (Phi) is 15.5. The van der Waals surface area contributed by atoms with Crippen LogP contribution in [0, 0.1) is 11.6 Å². The first-order valence-electron chi connectivity index (χ1n) is 24.1. The summed E-state index contributed by atoms with van der Waals surface area (Å²) in [6, 6.07) is 26.0. The average molecular weight is 1030 g/mol. The zero-order valence-corrected chi connectivity index (χ0v) is 43.2. The highest BCUT2D eigenvalue weighted by molar-refractivity contribution is 7.99. The molecule has 0 saturated carbocycles. The van der Waals surface area contributed by atoms with Crippen LogP contribution >= 0.6 is 11.8 Å². The number of hydrogen-bond donors (Lipinski definition) is 4. The van der Waals surface area contributed by atoms with E-state index in [1.54, 1.807) is 66.9 Å². The second-order valence-electron chi connectivity index (χ2n) is 18.5. The number of anilines is 2. The first kappa shape index (κ1) is 50.7. The highest BCUT2D eigenvalue weighted by Gasteiger charge is 2.26. The second-order valence-corrected chi connectivity index (χ2v) is 21.4. The van der Waals surface area contributed by atoms with Gasteiger partial charge in [0.1, 0.15) is 34.4 Å². The Labute approximate surface area is 429 Å². The average Bonchev–Trinajstić information content (AvgIpc) is 4.04. The van der Waals surface area contributed by atoms with Gasteiger partial charge in [-0.15, -0.1) is 0 Å². The Morgan fingerprint density at radius 3 is 1.47 bits per heavy atom. The summed E-state index contributed by atoms with van der Waals surface area (Å²) in [6.07, 6.45) is 10.4. The van der Waals surface area contributed by atoms with E-state index in [0.717, 1.165) is 80.1 Å². The molecule has 378 valence electrons. The smallest absolute Gasteiger partial charge is 0.255 e. The zero-order valence-electron chi connectivity index (χ0n) is 41.6. The molecule has 2 fully saturated rings. The number of rotatable bonds is 12. The summed E-state index contributed by atoms with van der Waals surface area (Å²) < 4.78 is 54.1. The molecule has 8 aromatic rings. The second kappa shape index (κ2) is 22.3. The number of hydrogen-bond acceptors (Lipinski definition) is 10. The Morgan fingerprint density at radius 2 is 1.04 bits per heavy atom. The molecule has 13 nitrogen and oxygen atoms in total. The highest BCUT2D eigenvalue weighted by atomic mass is 32.2. The van der Waals surface area contributed by atoms with Crippen molar-refractivity contribution in [2.45, 2.75) is 37.8 Å². The molecular formula is C56H58F2N8O5S2. The molecule has 2 amide bonds. The molecule has 4 N–H and O–H groups in total. The lowest BCUT2D eigenvalue weighted by atomic mass is 9.98. The number of carbonyl (C=O) groups excluding carboxylic acids is 2. The van der Waals surface area contributed by atoms with Crippen molar-refractivity contribution in [1.82, 2.24) is 29.7 Å². The van der Waals surface area contributed by atoms with Gasteiger partial charge >= 0.3 is 0 Å². The van der Waals surface area contributed by atoms with Gasteiger partial charge in [0.15, 0.2) is 0 Å². The van der Waals surface area contributed by atoms with Gasteiger partial charge in [0.2, 0.25) is 0 Å². The number of aromatic amines is 2. The van der Waals surface area contributed by atoms with E-state index in [0.29, 0.717) is 52.2 Å². The van der Waals surface area contributed by atoms with Gasteiger partial charge in [0.05, 0.1) is 36.7 Å². The van der Waals surface area contributed by atoms with Crippen LogP contribution in [-0.2, 0) is 10.8 Å². The molecule has 4 aromatic carbocycles. The molecule has 6 heterocycles. The summed E-state index contributed by atoms with van der Waals surface area (Å²) in [7, 11) is 9.10. The van der Waals surface area contributed by atoms with Gasteiger partial charge in [-0.25, -0.2) is 18.7 Å². The topological polar surface area (TPSA) is 158 Å². The first-order chi connectivity index (χ1) is 35.3. The minimum Gasteiger partial charge on any atom is -0.496 e. The third-order valence-corrected chi connectivity index (χ3v) is 15.7. The molecular weight excluding hydrogens is 967 g/mol. The largest absolute Gasteiger partial charge is 0.496 e. The number of fused-ring (bicyclic) bond motifs is 2. The number of para-hydroxylation sites is 2. The normalized spacial score (nSPS) is 15.8. The molecule has 0 radical (unpaired) electrons. The van der Waals surface area contributed by atoms with Crippen LogP contribution in [0.25, 0.3) is 66.6 Å². The molecule has 2 aliphatic heterocycles. The van der Waals surface area contributed by atoms with E-state index < -0.39 is 22.4 Å². The van der Waals surface area contributed by atoms with Crippen molar-refractivity contribution < 1.29 is 32.1 Å². The molecule has 0 aliphatic carbocycles. The van der Waals surface area contributed by atoms with Crippen molar-refractivity contribution in [3.05, 3.63) is 132 Å². The SMILES string of the molecule is COc1ccccc1-c1c[nH]c2ncc(-c3cc(F)c(NC4CCS(=O)CC4)c(C(=O)N(C)C)c3)cc12.COc1ccccc1-c1c[nH]c2ncc(-c3cc(F)c(NC4CCSCC4)c(C(=O)N(C)C)c3)cc12. The van der Waals surface area contributed by atoms with Crippen LogP contribution in [-0.4, -0.2) is 123 Å². The minimum absolute atomic E-state index is 0.0342. The maximum absolute atomic E-state index is 15.6. The van der Waals surface area contributed by atoms with Crippen LogP contribution in [0.4, 0.5) is 20.2 Å². The molecule has 0 spiro atoms. The van der Waals surface area contributed by atoms with Gasteiger partial charge in [0.25, 0.3) is 11.8 Å². The van der Waals surface area contributed by atoms with Crippen LogP contribution in [0.1, 0.15) is 46.4 Å². The minimum atomic E-state index is -0.827. The molecule has 0 unspecified atom stereocenters. The number of nitrogens with zero attached hydrogens (tertiary/aromatic N) is 4. The summed E-state index contributed by atoms with van der Waals surface area (Å²) in [5, 5.41) is 8.31. The van der Waals surface area contributed by atoms with Crippen LogP contribution in [0.3, 0.4) is 0 Å².